The van der Waals surface area contributed by atoms with Gasteiger partial charge < -0.3 is 10.2 Å². The smallest absolute Gasteiger partial charge is 0.264 e. The molecule has 150 valence electrons. The highest BCUT2D eigenvalue weighted by atomic mass is 79.9. The molecule has 1 aromatic carbocycles. The van der Waals surface area contributed by atoms with Gasteiger partial charge in [-0.2, -0.15) is 0 Å². The Labute approximate surface area is 181 Å². The van der Waals surface area contributed by atoms with Crippen molar-refractivity contribution in [2.24, 2.45) is 0 Å². The summed E-state index contributed by atoms with van der Waals surface area (Å²) < 4.78 is 0.795. The number of anilines is 1. The molecule has 1 aliphatic carbocycles. The molecule has 8 heteroatoms. The normalized spacial score (nSPS) is 13.5. The lowest BCUT2D eigenvalue weighted by molar-refractivity contribution is -0.116. The monoisotopic (exact) mass is 472 g/mol. The zero-order valence-electron chi connectivity index (χ0n) is 16.5. The van der Waals surface area contributed by atoms with Crippen molar-refractivity contribution in [2.75, 3.05) is 18.9 Å². The molecule has 2 aromatic heterocycles. The van der Waals surface area contributed by atoms with Gasteiger partial charge >= 0.3 is 0 Å². The van der Waals surface area contributed by atoms with Crippen molar-refractivity contribution >= 4 is 55.0 Å². The SMILES string of the molecule is Cc1nc(C2CC2)nc2sc(C(=O)N(C)CC(=O)Nc3ccccc3Br)c(C)c12. The zero-order valence-corrected chi connectivity index (χ0v) is 18.9. The Balaban J connectivity index is 1.53. The average Bonchev–Trinajstić information content (AvgIpc) is 3.47. The van der Waals surface area contributed by atoms with E-state index in [9.17, 15) is 9.59 Å². The van der Waals surface area contributed by atoms with E-state index in [1.54, 1.807) is 13.1 Å². The molecule has 1 aliphatic rings. The lowest BCUT2D eigenvalue weighted by Gasteiger charge is -2.17. The number of para-hydroxylation sites is 1. The van der Waals surface area contributed by atoms with Crippen LogP contribution in [0.25, 0.3) is 10.2 Å². The van der Waals surface area contributed by atoms with Gasteiger partial charge in [0.2, 0.25) is 5.91 Å². The number of thiophene rings is 1. The fraction of sp³-hybridized carbons (Fsp3) is 0.333. The third-order valence-corrected chi connectivity index (χ3v) is 6.87. The molecule has 0 atom stereocenters. The van der Waals surface area contributed by atoms with Gasteiger partial charge in [0.1, 0.15) is 10.7 Å². The van der Waals surface area contributed by atoms with E-state index < -0.39 is 0 Å². The number of aromatic nitrogens is 2. The summed E-state index contributed by atoms with van der Waals surface area (Å²) in [6, 6.07) is 7.37. The number of rotatable bonds is 5. The number of carbonyl (C=O) groups is 2. The Morgan fingerprint density at radius 3 is 2.66 bits per heavy atom. The maximum absolute atomic E-state index is 13.0. The summed E-state index contributed by atoms with van der Waals surface area (Å²) in [6.07, 6.45) is 2.27. The quantitative estimate of drug-likeness (QED) is 0.585. The van der Waals surface area contributed by atoms with Crippen LogP contribution in [0.4, 0.5) is 5.69 Å². The number of benzene rings is 1. The van der Waals surface area contributed by atoms with Crippen LogP contribution < -0.4 is 5.32 Å². The minimum Gasteiger partial charge on any atom is -0.332 e. The van der Waals surface area contributed by atoms with Crippen LogP contribution in [0.1, 0.15) is 45.5 Å². The van der Waals surface area contributed by atoms with Crippen molar-refractivity contribution < 1.29 is 9.59 Å². The minimum absolute atomic E-state index is 0.0359. The molecule has 0 radical (unpaired) electrons. The summed E-state index contributed by atoms with van der Waals surface area (Å²) in [6.45, 7) is 3.86. The summed E-state index contributed by atoms with van der Waals surface area (Å²) in [5.74, 6) is 0.915. The van der Waals surface area contributed by atoms with Crippen molar-refractivity contribution in [3.8, 4) is 0 Å². The van der Waals surface area contributed by atoms with Crippen LogP contribution in [-0.2, 0) is 4.79 Å². The molecule has 29 heavy (non-hydrogen) atoms. The van der Waals surface area contributed by atoms with Gasteiger partial charge in [-0.1, -0.05) is 12.1 Å². The highest BCUT2D eigenvalue weighted by molar-refractivity contribution is 9.10. The maximum Gasteiger partial charge on any atom is 0.264 e. The lowest BCUT2D eigenvalue weighted by Crippen LogP contribution is -2.34. The van der Waals surface area contributed by atoms with Crippen LogP contribution in [0.15, 0.2) is 28.7 Å². The largest absolute Gasteiger partial charge is 0.332 e. The van der Waals surface area contributed by atoms with Gasteiger partial charge in [0, 0.05) is 22.8 Å². The van der Waals surface area contributed by atoms with Gasteiger partial charge in [-0.25, -0.2) is 9.97 Å². The first-order valence-electron chi connectivity index (χ1n) is 9.42. The standard InChI is InChI=1S/C21H21BrN4O2S/c1-11-17-12(2)23-19(13-8-9-13)25-20(17)29-18(11)21(28)26(3)10-16(27)24-15-7-5-4-6-14(15)22/h4-7,13H,8-10H2,1-3H3,(H,24,27). The van der Waals surface area contributed by atoms with E-state index >= 15 is 0 Å². The fourth-order valence-electron chi connectivity index (χ4n) is 3.30. The molecule has 1 fully saturated rings. The Morgan fingerprint density at radius 1 is 1.24 bits per heavy atom. The Morgan fingerprint density at radius 2 is 1.97 bits per heavy atom. The molecule has 0 unspecified atom stereocenters. The molecular weight excluding hydrogens is 452 g/mol. The first-order valence-corrected chi connectivity index (χ1v) is 11.0. The molecule has 1 saturated carbocycles. The molecule has 4 rings (SSSR count). The highest BCUT2D eigenvalue weighted by Crippen LogP contribution is 2.40. The summed E-state index contributed by atoms with van der Waals surface area (Å²) >= 11 is 4.79. The number of likely N-dealkylation sites (N-methyl/N-ethyl adjacent to an activating group) is 1. The van der Waals surface area contributed by atoms with Crippen LogP contribution >= 0.6 is 27.3 Å². The zero-order chi connectivity index (χ0) is 20.7. The number of fused-ring (bicyclic) bond motifs is 1. The van der Waals surface area contributed by atoms with Crippen LogP contribution in [0.2, 0.25) is 0 Å². The van der Waals surface area contributed by atoms with Crippen LogP contribution in [-0.4, -0.2) is 40.3 Å². The predicted molar refractivity (Wildman–Crippen MR) is 119 cm³/mol. The number of halogens is 1. The lowest BCUT2D eigenvalue weighted by atomic mass is 10.1. The van der Waals surface area contributed by atoms with Crippen molar-refractivity contribution in [3.63, 3.8) is 0 Å². The molecule has 0 spiro atoms. The van der Waals surface area contributed by atoms with Gasteiger partial charge in [0.15, 0.2) is 0 Å². The second-order valence-corrected chi connectivity index (χ2v) is 9.22. The van der Waals surface area contributed by atoms with Crippen LogP contribution in [0, 0.1) is 13.8 Å². The van der Waals surface area contributed by atoms with E-state index in [1.165, 1.54) is 16.2 Å². The molecule has 2 amide bonds. The number of hydrogen-bond donors (Lipinski definition) is 1. The van der Waals surface area contributed by atoms with Crippen molar-refractivity contribution in [3.05, 3.63) is 50.7 Å². The van der Waals surface area contributed by atoms with Gasteiger partial charge in [0.25, 0.3) is 5.91 Å². The first kappa shape index (κ1) is 20.0. The molecule has 0 saturated heterocycles. The maximum atomic E-state index is 13.0. The number of carbonyl (C=O) groups excluding carboxylic acids is 2. The number of aryl methyl sites for hydroxylation is 2. The van der Waals surface area contributed by atoms with E-state index in [-0.39, 0.29) is 18.4 Å². The Bertz CT molecular complexity index is 1120. The predicted octanol–water partition coefficient (Wildman–Crippen LogP) is 4.66. The third-order valence-electron chi connectivity index (χ3n) is 5.00. The first-order chi connectivity index (χ1) is 13.8. The summed E-state index contributed by atoms with van der Waals surface area (Å²) in [7, 11) is 1.64. The highest BCUT2D eigenvalue weighted by Gasteiger charge is 2.29. The molecular formula is C21H21BrN4O2S. The number of amides is 2. The Hall–Kier alpha value is -2.32. The molecule has 3 aromatic rings. The number of nitrogens with zero attached hydrogens (tertiary/aromatic N) is 3. The average molecular weight is 473 g/mol. The van der Waals surface area contributed by atoms with Crippen LogP contribution in [0.5, 0.6) is 0 Å². The van der Waals surface area contributed by atoms with E-state index in [1.807, 2.05) is 32.0 Å². The van der Waals surface area contributed by atoms with E-state index in [0.29, 0.717) is 16.5 Å². The summed E-state index contributed by atoms with van der Waals surface area (Å²) in [4.78, 5) is 37.7. The second kappa shape index (κ2) is 7.84. The Kier molecular flexibility index (Phi) is 5.40. The topological polar surface area (TPSA) is 75.2 Å². The number of nitrogens with one attached hydrogen (secondary N) is 1. The minimum atomic E-state index is -0.251. The van der Waals surface area contributed by atoms with Crippen molar-refractivity contribution in [1.82, 2.24) is 14.9 Å². The van der Waals surface area contributed by atoms with E-state index in [4.69, 9.17) is 4.98 Å². The van der Waals surface area contributed by atoms with Crippen LogP contribution in [0.3, 0.4) is 0 Å². The fourth-order valence-corrected chi connectivity index (χ4v) is 4.92. The third kappa shape index (κ3) is 4.04. The van der Waals surface area contributed by atoms with E-state index in [2.05, 4.69) is 26.2 Å². The van der Waals surface area contributed by atoms with Gasteiger partial charge in [-0.3, -0.25) is 9.59 Å². The molecule has 0 bridgehead atoms. The van der Waals surface area contributed by atoms with E-state index in [0.717, 1.165) is 44.6 Å². The molecule has 6 nitrogen and oxygen atoms in total. The second-order valence-electron chi connectivity index (χ2n) is 7.37. The molecule has 0 aliphatic heterocycles. The van der Waals surface area contributed by atoms with Gasteiger partial charge in [0.05, 0.1) is 22.8 Å². The van der Waals surface area contributed by atoms with Gasteiger partial charge in [-0.15, -0.1) is 11.3 Å². The van der Waals surface area contributed by atoms with Crippen molar-refractivity contribution in [2.45, 2.75) is 32.6 Å². The summed E-state index contributed by atoms with van der Waals surface area (Å²) in [5.41, 5.74) is 2.47. The molecule has 2 heterocycles. The van der Waals surface area contributed by atoms with Gasteiger partial charge in [-0.05, 0) is 60.3 Å². The summed E-state index contributed by atoms with van der Waals surface area (Å²) in [5, 5.41) is 3.78. The van der Waals surface area contributed by atoms with Crippen molar-refractivity contribution in [1.29, 1.82) is 0 Å². The number of hydrogen-bond acceptors (Lipinski definition) is 5. The molecule has 1 N–H and O–H groups in total.